The smallest absolute Gasteiger partial charge is 0.243 e. The van der Waals surface area contributed by atoms with Crippen LogP contribution in [0.25, 0.3) is 0 Å². The van der Waals surface area contributed by atoms with E-state index < -0.39 is 0 Å². The molecule has 6 heteroatoms. The molecule has 2 N–H and O–H groups in total. The van der Waals surface area contributed by atoms with Gasteiger partial charge in [-0.25, -0.2) is 4.99 Å². The van der Waals surface area contributed by atoms with Gasteiger partial charge in [0.2, 0.25) is 5.91 Å². The Morgan fingerprint density at radius 3 is 2.30 bits per heavy atom. The van der Waals surface area contributed by atoms with Crippen LogP contribution >= 0.6 is 24.0 Å². The van der Waals surface area contributed by atoms with Gasteiger partial charge >= 0.3 is 0 Å². The molecule has 136 valence electrons. The number of hydrogen-bond donors (Lipinski definition) is 2. The van der Waals surface area contributed by atoms with Crippen LogP contribution in [0.2, 0.25) is 0 Å². The summed E-state index contributed by atoms with van der Waals surface area (Å²) >= 11 is 0. The Morgan fingerprint density at radius 1 is 1.30 bits per heavy atom. The molecule has 0 spiro atoms. The van der Waals surface area contributed by atoms with Crippen LogP contribution in [-0.4, -0.2) is 50.0 Å². The third kappa shape index (κ3) is 14.5. The van der Waals surface area contributed by atoms with Crippen LogP contribution in [0.1, 0.15) is 47.5 Å². The lowest BCUT2D eigenvalue weighted by molar-refractivity contribution is -0.127. The third-order valence-corrected chi connectivity index (χ3v) is 3.14. The van der Waals surface area contributed by atoms with Crippen LogP contribution in [-0.2, 0) is 4.79 Å². The van der Waals surface area contributed by atoms with Crippen molar-refractivity contribution in [2.45, 2.75) is 53.5 Å². The van der Waals surface area contributed by atoms with Crippen molar-refractivity contribution < 1.29 is 4.79 Å². The zero-order valence-corrected chi connectivity index (χ0v) is 18.2. The Kier molecular flexibility index (Phi) is 12.4. The molecule has 23 heavy (non-hydrogen) atoms. The quantitative estimate of drug-likeness (QED) is 0.278. The Hall–Kier alpha value is -0.790. The molecule has 1 atom stereocenters. The molecule has 0 heterocycles. The fraction of sp³-hybridized carbons (Fsp3) is 0.765. The highest BCUT2D eigenvalue weighted by atomic mass is 127. The summed E-state index contributed by atoms with van der Waals surface area (Å²) in [6, 6.07) is 0.296. The summed E-state index contributed by atoms with van der Waals surface area (Å²) in [7, 11) is 3.47. The zero-order valence-electron chi connectivity index (χ0n) is 15.8. The first-order valence-electron chi connectivity index (χ1n) is 7.90. The third-order valence-electron chi connectivity index (χ3n) is 3.14. The number of rotatable bonds is 7. The van der Waals surface area contributed by atoms with E-state index in [2.05, 4.69) is 49.9 Å². The molecule has 0 fully saturated rings. The lowest BCUT2D eigenvalue weighted by Crippen LogP contribution is -2.43. The number of aliphatic imine (C=N–C) groups is 1. The molecular formula is C17H35IN4O. The number of nitrogens with one attached hydrogen (secondary N) is 2. The molecular weight excluding hydrogens is 403 g/mol. The molecule has 5 nitrogen and oxygen atoms in total. The van der Waals surface area contributed by atoms with E-state index in [1.807, 2.05) is 6.92 Å². The second-order valence-corrected chi connectivity index (χ2v) is 7.41. The summed E-state index contributed by atoms with van der Waals surface area (Å²) in [6.45, 7) is 15.5. The number of carbonyl (C=O) groups is 1. The van der Waals surface area contributed by atoms with Crippen LogP contribution in [0.4, 0.5) is 0 Å². The number of amides is 1. The number of guanidine groups is 1. The molecule has 0 aliphatic carbocycles. The number of carbonyl (C=O) groups excluding carboxylic acids is 1. The van der Waals surface area contributed by atoms with E-state index >= 15 is 0 Å². The normalized spacial score (nSPS) is 12.9. The van der Waals surface area contributed by atoms with Gasteiger partial charge in [0, 0.05) is 26.7 Å². The Morgan fingerprint density at radius 2 is 1.87 bits per heavy atom. The second-order valence-electron chi connectivity index (χ2n) is 7.41. The van der Waals surface area contributed by atoms with Crippen LogP contribution in [0.15, 0.2) is 17.1 Å². The van der Waals surface area contributed by atoms with Crippen molar-refractivity contribution in [2.75, 3.05) is 27.2 Å². The van der Waals surface area contributed by atoms with E-state index in [4.69, 9.17) is 0 Å². The van der Waals surface area contributed by atoms with E-state index in [9.17, 15) is 4.79 Å². The summed E-state index contributed by atoms with van der Waals surface area (Å²) in [5.74, 6) is 0.651. The summed E-state index contributed by atoms with van der Waals surface area (Å²) in [6.07, 6.45) is 2.18. The highest BCUT2D eigenvalue weighted by Gasteiger charge is 2.13. The maximum atomic E-state index is 11.7. The molecule has 0 radical (unpaired) electrons. The minimum absolute atomic E-state index is 0. The molecule has 0 bridgehead atoms. The highest BCUT2D eigenvalue weighted by molar-refractivity contribution is 14.0. The van der Waals surface area contributed by atoms with E-state index in [1.54, 1.807) is 19.0 Å². The van der Waals surface area contributed by atoms with Crippen molar-refractivity contribution in [3.8, 4) is 0 Å². The van der Waals surface area contributed by atoms with Crippen molar-refractivity contribution in [3.63, 3.8) is 0 Å². The molecule has 0 rings (SSSR count). The minimum Gasteiger partial charge on any atom is -0.354 e. The molecule has 0 aromatic heterocycles. The Balaban J connectivity index is 0. The molecule has 0 aliphatic rings. The van der Waals surface area contributed by atoms with Crippen LogP contribution in [0.3, 0.4) is 0 Å². The number of hydrogen-bond acceptors (Lipinski definition) is 2. The lowest BCUT2D eigenvalue weighted by Gasteiger charge is -2.23. The van der Waals surface area contributed by atoms with Crippen LogP contribution < -0.4 is 10.6 Å². The molecule has 0 aromatic rings. The lowest BCUT2D eigenvalue weighted by atomic mass is 9.89. The van der Waals surface area contributed by atoms with Crippen LogP contribution in [0.5, 0.6) is 0 Å². The van der Waals surface area contributed by atoms with Crippen molar-refractivity contribution in [2.24, 2.45) is 10.4 Å². The molecule has 1 amide bonds. The first-order valence-corrected chi connectivity index (χ1v) is 7.90. The average Bonchev–Trinajstić information content (AvgIpc) is 2.38. The van der Waals surface area contributed by atoms with Gasteiger partial charge < -0.3 is 15.5 Å². The van der Waals surface area contributed by atoms with Crippen LogP contribution in [0, 0.1) is 5.41 Å². The minimum atomic E-state index is -0.0150. The van der Waals surface area contributed by atoms with Gasteiger partial charge in [-0.05, 0) is 32.1 Å². The largest absolute Gasteiger partial charge is 0.354 e. The maximum Gasteiger partial charge on any atom is 0.243 e. The summed E-state index contributed by atoms with van der Waals surface area (Å²) in [5.41, 5.74) is 1.34. The number of likely N-dealkylation sites (N-methyl/N-ethyl adjacent to an activating group) is 1. The van der Waals surface area contributed by atoms with Crippen molar-refractivity contribution >= 4 is 35.8 Å². The van der Waals surface area contributed by atoms with Crippen molar-refractivity contribution in [3.05, 3.63) is 12.2 Å². The average molecular weight is 438 g/mol. The van der Waals surface area contributed by atoms with Gasteiger partial charge in [-0.3, -0.25) is 4.79 Å². The van der Waals surface area contributed by atoms with Gasteiger partial charge in [-0.2, -0.15) is 0 Å². The van der Waals surface area contributed by atoms with Gasteiger partial charge in [0.15, 0.2) is 5.96 Å². The number of nitrogens with zero attached hydrogens (tertiary/aromatic N) is 2. The Labute approximate surface area is 159 Å². The van der Waals surface area contributed by atoms with E-state index in [0.717, 1.165) is 18.4 Å². The summed E-state index contributed by atoms with van der Waals surface area (Å²) in [5, 5.41) is 6.58. The predicted octanol–water partition coefficient (Wildman–Crippen LogP) is 3.02. The maximum absolute atomic E-state index is 11.7. The first-order chi connectivity index (χ1) is 10.0. The van der Waals surface area contributed by atoms with Gasteiger partial charge in [-0.1, -0.05) is 32.9 Å². The van der Waals surface area contributed by atoms with Gasteiger partial charge in [0.25, 0.3) is 0 Å². The fourth-order valence-corrected chi connectivity index (χ4v) is 1.63. The zero-order chi connectivity index (χ0) is 17.3. The highest BCUT2D eigenvalue weighted by Crippen LogP contribution is 2.21. The van der Waals surface area contributed by atoms with Gasteiger partial charge in [0.05, 0.1) is 0 Å². The van der Waals surface area contributed by atoms with E-state index in [1.165, 1.54) is 0 Å². The molecule has 0 aromatic carbocycles. The van der Waals surface area contributed by atoms with Gasteiger partial charge in [0.1, 0.15) is 6.54 Å². The van der Waals surface area contributed by atoms with Crippen molar-refractivity contribution in [1.82, 2.24) is 15.5 Å². The summed E-state index contributed by atoms with van der Waals surface area (Å²) < 4.78 is 0. The standard InChI is InChI=1S/C17H34N4O.HI/c1-13(2)11-18-16(19-12-15(22)21(7)8)20-14(3)9-10-17(4,5)6;/h14H,1,9-12H2,2-8H3,(H2,18,19,20);1H. The molecule has 1 unspecified atom stereocenters. The van der Waals surface area contributed by atoms with Gasteiger partial charge in [-0.15, -0.1) is 24.0 Å². The SMILES string of the molecule is C=C(C)CNC(=NCC(=O)N(C)C)NC(C)CCC(C)(C)C.I. The monoisotopic (exact) mass is 438 g/mol. The van der Waals surface area contributed by atoms with E-state index in [0.29, 0.717) is 24.0 Å². The Bertz CT molecular complexity index is 400. The fourth-order valence-electron chi connectivity index (χ4n) is 1.63. The van der Waals surface area contributed by atoms with E-state index in [-0.39, 0.29) is 36.4 Å². The van der Waals surface area contributed by atoms with Crippen molar-refractivity contribution in [1.29, 1.82) is 0 Å². The molecule has 0 saturated heterocycles. The molecule has 0 saturated carbocycles. The second kappa shape index (κ2) is 11.7. The first kappa shape index (κ1) is 24.5. The predicted molar refractivity (Wildman–Crippen MR) is 111 cm³/mol. The topological polar surface area (TPSA) is 56.7 Å². The number of halogens is 1. The molecule has 0 aliphatic heterocycles. The summed E-state index contributed by atoms with van der Waals surface area (Å²) in [4.78, 5) is 17.6.